The fourth-order valence-corrected chi connectivity index (χ4v) is 6.08. The van der Waals surface area contributed by atoms with E-state index in [1.54, 1.807) is 4.90 Å². The number of aromatic nitrogens is 2. The van der Waals surface area contributed by atoms with Crippen molar-refractivity contribution in [3.63, 3.8) is 0 Å². The van der Waals surface area contributed by atoms with Crippen LogP contribution in [0.4, 0.5) is 32.0 Å². The molecule has 1 saturated carbocycles. The van der Waals surface area contributed by atoms with Crippen LogP contribution in [0, 0.1) is 5.92 Å². The predicted octanol–water partition coefficient (Wildman–Crippen LogP) is 5.44. The Morgan fingerprint density at radius 3 is 2.37 bits per heavy atom. The molecule has 0 radical (unpaired) electrons. The lowest BCUT2D eigenvalue weighted by atomic mass is 9.97. The Balaban J connectivity index is 1.82. The number of aromatic amines is 1. The Labute approximate surface area is 199 Å². The average molecular weight is 525 g/mol. The predicted molar refractivity (Wildman–Crippen MR) is 117 cm³/mol. The summed E-state index contributed by atoms with van der Waals surface area (Å²) in [6.07, 6.45) is 3.07. The number of imidazole rings is 1. The third kappa shape index (κ3) is 5.45. The number of fused-ring (bicyclic) bond motifs is 1. The fraction of sp³-hybridized carbons (Fsp3) is 0.591. The highest BCUT2D eigenvalue weighted by Gasteiger charge is 2.52. The van der Waals surface area contributed by atoms with Gasteiger partial charge in [0.1, 0.15) is 0 Å². The van der Waals surface area contributed by atoms with Gasteiger partial charge in [0.15, 0.2) is 0 Å². The fourth-order valence-electron chi connectivity index (χ4n) is 5.12. The molecule has 1 fully saturated rings. The maximum atomic E-state index is 13.9. The maximum Gasteiger partial charge on any atom is 0.511 e. The topological polar surface area (TPSA) is 69.3 Å². The summed E-state index contributed by atoms with van der Waals surface area (Å²) in [5.74, 6) is 0.362. The molecule has 1 atom stereocenters. The van der Waals surface area contributed by atoms with Gasteiger partial charge in [-0.1, -0.05) is 31.7 Å². The van der Waals surface area contributed by atoms with Crippen LogP contribution in [0.15, 0.2) is 30.7 Å². The van der Waals surface area contributed by atoms with Crippen LogP contribution < -0.4 is 4.90 Å². The Bertz CT molecular complexity index is 1110. The highest BCUT2D eigenvalue weighted by molar-refractivity contribution is 7.89. The number of sulfonamides is 1. The van der Waals surface area contributed by atoms with Crippen LogP contribution in [0.5, 0.6) is 0 Å². The largest absolute Gasteiger partial charge is 0.511 e. The van der Waals surface area contributed by atoms with Gasteiger partial charge in [0.2, 0.25) is 0 Å². The third-order valence-corrected chi connectivity index (χ3v) is 8.41. The van der Waals surface area contributed by atoms with E-state index in [0.29, 0.717) is 24.5 Å². The zero-order chi connectivity index (χ0) is 25.4. The number of rotatable bonds is 6. The van der Waals surface area contributed by atoms with Crippen molar-refractivity contribution in [2.24, 2.45) is 5.92 Å². The molecule has 194 valence electrons. The van der Waals surface area contributed by atoms with E-state index in [1.807, 2.05) is 0 Å². The zero-order valence-electron chi connectivity index (χ0n) is 18.7. The molecule has 6 nitrogen and oxygen atoms in total. The summed E-state index contributed by atoms with van der Waals surface area (Å²) in [4.78, 5) is 8.40. The molecule has 0 spiro atoms. The van der Waals surface area contributed by atoms with Crippen LogP contribution in [0.3, 0.4) is 0 Å². The van der Waals surface area contributed by atoms with E-state index < -0.39 is 52.0 Å². The van der Waals surface area contributed by atoms with E-state index >= 15 is 0 Å². The first-order chi connectivity index (χ1) is 16.4. The van der Waals surface area contributed by atoms with Gasteiger partial charge in [0, 0.05) is 36.6 Å². The first kappa shape index (κ1) is 25.8. The van der Waals surface area contributed by atoms with Crippen LogP contribution in [0.2, 0.25) is 0 Å². The van der Waals surface area contributed by atoms with Crippen molar-refractivity contribution in [3.8, 4) is 0 Å². The Morgan fingerprint density at radius 1 is 1.06 bits per heavy atom. The molecular formula is C22H26F6N4O2S. The van der Waals surface area contributed by atoms with E-state index in [4.69, 9.17) is 0 Å². The highest BCUT2D eigenvalue weighted by Crippen LogP contribution is 2.42. The lowest BCUT2D eigenvalue weighted by Crippen LogP contribution is -2.47. The SMILES string of the molecule is O=S(=O)(N1Cc2c(cccc2C(F)(F)F)N(Cc2cnc[nH]2)C(CCC2CCCC2)C1)C(F)(F)F. The zero-order valence-corrected chi connectivity index (χ0v) is 19.6. The van der Waals surface area contributed by atoms with Crippen molar-refractivity contribution in [1.29, 1.82) is 0 Å². The van der Waals surface area contributed by atoms with Gasteiger partial charge in [-0.2, -0.15) is 30.6 Å². The van der Waals surface area contributed by atoms with Gasteiger partial charge >= 0.3 is 21.7 Å². The van der Waals surface area contributed by atoms with Crippen LogP contribution >= 0.6 is 0 Å². The van der Waals surface area contributed by atoms with E-state index in [2.05, 4.69) is 9.97 Å². The molecule has 1 aromatic heterocycles. The number of benzene rings is 1. The number of alkyl halides is 6. The quantitative estimate of drug-likeness (QED) is 0.511. The number of nitrogens with zero attached hydrogens (tertiary/aromatic N) is 3. The molecule has 0 amide bonds. The van der Waals surface area contributed by atoms with Crippen molar-refractivity contribution in [3.05, 3.63) is 47.5 Å². The summed E-state index contributed by atoms with van der Waals surface area (Å²) >= 11 is 0. The lowest BCUT2D eigenvalue weighted by Gasteiger charge is -2.34. The summed E-state index contributed by atoms with van der Waals surface area (Å²) in [5, 5.41) is 0. The van der Waals surface area contributed by atoms with E-state index in [1.165, 1.54) is 24.7 Å². The highest BCUT2D eigenvalue weighted by atomic mass is 32.2. The minimum Gasteiger partial charge on any atom is -0.361 e. The number of anilines is 1. The average Bonchev–Trinajstić information content (AvgIpc) is 3.44. The van der Waals surface area contributed by atoms with Crippen molar-refractivity contribution < 1.29 is 34.8 Å². The van der Waals surface area contributed by atoms with Gasteiger partial charge in [-0.3, -0.25) is 0 Å². The molecule has 13 heteroatoms. The molecule has 2 heterocycles. The summed E-state index contributed by atoms with van der Waals surface area (Å²) < 4.78 is 107. The molecule has 35 heavy (non-hydrogen) atoms. The first-order valence-corrected chi connectivity index (χ1v) is 12.8. The summed E-state index contributed by atoms with van der Waals surface area (Å²) in [6.45, 7) is -1.55. The maximum absolute atomic E-state index is 13.9. The van der Waals surface area contributed by atoms with Crippen molar-refractivity contribution in [2.45, 2.75) is 69.3 Å². The van der Waals surface area contributed by atoms with Crippen LogP contribution in [-0.2, 0) is 29.3 Å². The molecule has 2 aliphatic rings. The minimum atomic E-state index is -5.86. The summed E-state index contributed by atoms with van der Waals surface area (Å²) in [5.41, 5.74) is -6.65. The molecule has 1 unspecified atom stereocenters. The molecule has 1 N–H and O–H groups in total. The Hall–Kier alpha value is -2.28. The number of halogens is 6. The van der Waals surface area contributed by atoms with E-state index in [9.17, 15) is 34.8 Å². The minimum absolute atomic E-state index is 0.0452. The molecule has 1 aromatic carbocycles. The second-order valence-electron chi connectivity index (χ2n) is 9.13. The molecule has 1 aliphatic heterocycles. The Kier molecular flexibility index (Phi) is 7.11. The van der Waals surface area contributed by atoms with Crippen molar-refractivity contribution in [1.82, 2.24) is 14.3 Å². The van der Waals surface area contributed by atoms with Gasteiger partial charge in [0.25, 0.3) is 0 Å². The van der Waals surface area contributed by atoms with Crippen molar-refractivity contribution >= 4 is 15.7 Å². The number of nitrogens with one attached hydrogen (secondary N) is 1. The smallest absolute Gasteiger partial charge is 0.361 e. The van der Waals surface area contributed by atoms with Gasteiger partial charge in [-0.15, -0.1) is 0 Å². The number of hydrogen-bond donors (Lipinski definition) is 1. The molecule has 4 rings (SSSR count). The lowest BCUT2D eigenvalue weighted by molar-refractivity contribution is -0.138. The van der Waals surface area contributed by atoms with Crippen molar-refractivity contribution in [2.75, 3.05) is 11.4 Å². The Morgan fingerprint density at radius 2 is 1.77 bits per heavy atom. The summed E-state index contributed by atoms with van der Waals surface area (Å²) in [6, 6.07) is 2.61. The van der Waals surface area contributed by atoms with E-state index in [-0.39, 0.29) is 16.5 Å². The second kappa shape index (κ2) is 9.64. The monoisotopic (exact) mass is 524 g/mol. The molecule has 0 saturated heterocycles. The number of H-pyrrole nitrogens is 1. The summed E-state index contributed by atoms with van der Waals surface area (Å²) in [7, 11) is -5.86. The van der Waals surface area contributed by atoms with Gasteiger partial charge in [-0.25, -0.2) is 13.4 Å². The normalized spacial score (nSPS) is 20.7. The third-order valence-electron chi connectivity index (χ3n) is 6.87. The molecular weight excluding hydrogens is 498 g/mol. The van der Waals surface area contributed by atoms with Crippen LogP contribution in [0.1, 0.15) is 55.3 Å². The number of hydrogen-bond acceptors (Lipinski definition) is 4. The standard InChI is InChI=1S/C22H26F6N4O2S/c23-21(24,25)19-6-3-7-20-18(19)13-31(35(33,34)22(26,27)28)12-17(9-8-15-4-1-2-5-15)32(20)11-16-10-29-14-30-16/h3,6-7,10,14-15,17H,1-2,4-5,8-9,11-13H2,(H,29,30). The molecule has 0 bridgehead atoms. The van der Waals surface area contributed by atoms with Crippen LogP contribution in [0.25, 0.3) is 0 Å². The van der Waals surface area contributed by atoms with E-state index in [0.717, 1.165) is 31.7 Å². The second-order valence-corrected chi connectivity index (χ2v) is 11.1. The first-order valence-electron chi connectivity index (χ1n) is 11.4. The van der Waals surface area contributed by atoms with Gasteiger partial charge in [-0.05, 0) is 30.9 Å². The van der Waals surface area contributed by atoms with Gasteiger partial charge in [0.05, 0.1) is 24.1 Å². The molecule has 2 aromatic rings. The molecule has 1 aliphatic carbocycles. The van der Waals surface area contributed by atoms with Crippen LogP contribution in [-0.4, -0.2) is 40.8 Å². The van der Waals surface area contributed by atoms with Gasteiger partial charge < -0.3 is 9.88 Å².